The lowest BCUT2D eigenvalue weighted by molar-refractivity contribution is -0.146. The SMILES string of the molecule is O=C(O)C1C2C=CC(C2)C1C(=O)Nc1ccc(Br)c(Br)c1. The highest BCUT2D eigenvalue weighted by molar-refractivity contribution is 9.13. The van der Waals surface area contributed by atoms with Crippen molar-refractivity contribution >= 4 is 49.4 Å². The molecule has 0 spiro atoms. The van der Waals surface area contributed by atoms with E-state index in [1.807, 2.05) is 18.2 Å². The van der Waals surface area contributed by atoms with E-state index in [9.17, 15) is 14.7 Å². The van der Waals surface area contributed by atoms with E-state index in [4.69, 9.17) is 0 Å². The molecule has 0 aliphatic heterocycles. The number of hydrogen-bond acceptors (Lipinski definition) is 2. The van der Waals surface area contributed by atoms with Crippen molar-refractivity contribution < 1.29 is 14.7 Å². The highest BCUT2D eigenvalue weighted by Crippen LogP contribution is 2.48. The molecule has 0 saturated heterocycles. The molecule has 1 aromatic carbocycles. The molecule has 2 bridgehead atoms. The summed E-state index contributed by atoms with van der Waals surface area (Å²) in [5.41, 5.74) is 0.658. The molecule has 1 saturated carbocycles. The number of fused-ring (bicyclic) bond motifs is 2. The number of rotatable bonds is 3. The number of carboxylic acids is 1. The van der Waals surface area contributed by atoms with Gasteiger partial charge in [0.15, 0.2) is 0 Å². The second-order valence-corrected chi connectivity index (χ2v) is 7.16. The van der Waals surface area contributed by atoms with Crippen LogP contribution in [0.2, 0.25) is 0 Å². The summed E-state index contributed by atoms with van der Waals surface area (Å²) in [5.74, 6) is -2.17. The summed E-state index contributed by atoms with van der Waals surface area (Å²) in [4.78, 5) is 23.9. The van der Waals surface area contributed by atoms with E-state index < -0.39 is 17.8 Å². The molecular formula is C15H13Br2NO3. The van der Waals surface area contributed by atoms with Gasteiger partial charge in [-0.3, -0.25) is 9.59 Å². The summed E-state index contributed by atoms with van der Waals surface area (Å²) in [6, 6.07) is 5.40. The first-order valence-electron chi connectivity index (χ1n) is 6.64. The maximum absolute atomic E-state index is 12.5. The van der Waals surface area contributed by atoms with Crippen LogP contribution in [-0.2, 0) is 9.59 Å². The predicted molar refractivity (Wildman–Crippen MR) is 85.8 cm³/mol. The monoisotopic (exact) mass is 413 g/mol. The summed E-state index contributed by atoms with van der Waals surface area (Å²) in [6.45, 7) is 0. The Kier molecular flexibility index (Phi) is 3.92. The van der Waals surface area contributed by atoms with E-state index in [0.29, 0.717) is 5.69 Å². The van der Waals surface area contributed by atoms with Crippen LogP contribution >= 0.6 is 31.9 Å². The van der Waals surface area contributed by atoms with Crippen molar-refractivity contribution in [2.45, 2.75) is 6.42 Å². The molecule has 1 fully saturated rings. The molecule has 110 valence electrons. The minimum Gasteiger partial charge on any atom is -0.481 e. The lowest BCUT2D eigenvalue weighted by Gasteiger charge is -2.23. The van der Waals surface area contributed by atoms with Crippen molar-refractivity contribution in [2.75, 3.05) is 5.32 Å². The molecule has 4 unspecified atom stereocenters. The Labute approximate surface area is 138 Å². The Morgan fingerprint density at radius 3 is 2.38 bits per heavy atom. The molecule has 1 amide bonds. The van der Waals surface area contributed by atoms with Gasteiger partial charge in [-0.2, -0.15) is 0 Å². The van der Waals surface area contributed by atoms with Gasteiger partial charge in [-0.1, -0.05) is 12.2 Å². The maximum atomic E-state index is 12.5. The van der Waals surface area contributed by atoms with Crippen LogP contribution in [0.5, 0.6) is 0 Å². The summed E-state index contributed by atoms with van der Waals surface area (Å²) >= 11 is 6.75. The van der Waals surface area contributed by atoms with Gasteiger partial charge in [0.25, 0.3) is 0 Å². The van der Waals surface area contributed by atoms with Gasteiger partial charge in [-0.15, -0.1) is 0 Å². The summed E-state index contributed by atoms with van der Waals surface area (Å²) in [6.07, 6.45) is 4.67. The van der Waals surface area contributed by atoms with Crippen LogP contribution < -0.4 is 5.32 Å². The number of anilines is 1. The van der Waals surface area contributed by atoms with E-state index in [-0.39, 0.29) is 17.7 Å². The number of nitrogens with one attached hydrogen (secondary N) is 1. The lowest BCUT2D eigenvalue weighted by atomic mass is 9.82. The topological polar surface area (TPSA) is 66.4 Å². The van der Waals surface area contributed by atoms with Crippen LogP contribution in [0, 0.1) is 23.7 Å². The molecule has 0 radical (unpaired) electrons. The number of halogens is 2. The summed E-state index contributed by atoms with van der Waals surface area (Å²) in [5, 5.41) is 12.2. The molecule has 4 nitrogen and oxygen atoms in total. The van der Waals surface area contributed by atoms with E-state index in [1.54, 1.807) is 12.1 Å². The predicted octanol–water partition coefficient (Wildman–Crippen LogP) is 3.67. The highest BCUT2D eigenvalue weighted by Gasteiger charge is 2.51. The van der Waals surface area contributed by atoms with Crippen LogP contribution in [0.15, 0.2) is 39.3 Å². The Bertz CT molecular complexity index is 644. The fourth-order valence-corrected chi connectivity index (χ4v) is 3.94. The van der Waals surface area contributed by atoms with E-state index in [2.05, 4.69) is 37.2 Å². The molecule has 1 aromatic rings. The van der Waals surface area contributed by atoms with Crippen molar-refractivity contribution in [3.05, 3.63) is 39.3 Å². The number of carbonyl (C=O) groups is 2. The molecule has 4 atom stereocenters. The Balaban J connectivity index is 1.80. The zero-order chi connectivity index (χ0) is 15.1. The fourth-order valence-electron chi connectivity index (χ4n) is 3.32. The first-order valence-corrected chi connectivity index (χ1v) is 8.23. The number of aliphatic carboxylic acids is 1. The maximum Gasteiger partial charge on any atom is 0.307 e. The number of benzene rings is 1. The van der Waals surface area contributed by atoms with E-state index >= 15 is 0 Å². The number of hydrogen-bond donors (Lipinski definition) is 2. The van der Waals surface area contributed by atoms with Crippen LogP contribution in [0.1, 0.15) is 6.42 Å². The normalized spacial score (nSPS) is 29.6. The highest BCUT2D eigenvalue weighted by atomic mass is 79.9. The van der Waals surface area contributed by atoms with Gasteiger partial charge in [-0.05, 0) is 68.3 Å². The number of carbonyl (C=O) groups excluding carboxylic acids is 1. The van der Waals surface area contributed by atoms with Crippen molar-refractivity contribution in [2.24, 2.45) is 23.7 Å². The second-order valence-electron chi connectivity index (χ2n) is 5.46. The van der Waals surface area contributed by atoms with Crippen LogP contribution in [-0.4, -0.2) is 17.0 Å². The average Bonchev–Trinajstić information content (AvgIpc) is 3.03. The molecule has 0 heterocycles. The smallest absolute Gasteiger partial charge is 0.307 e. The Morgan fingerprint density at radius 1 is 1.10 bits per heavy atom. The van der Waals surface area contributed by atoms with Crippen LogP contribution in [0.4, 0.5) is 5.69 Å². The number of amides is 1. The second kappa shape index (κ2) is 5.57. The van der Waals surface area contributed by atoms with Gasteiger partial charge >= 0.3 is 5.97 Å². The molecule has 21 heavy (non-hydrogen) atoms. The number of carboxylic acid groups (broad SMARTS) is 1. The van der Waals surface area contributed by atoms with Gasteiger partial charge < -0.3 is 10.4 Å². The third-order valence-corrected chi connectivity index (χ3v) is 6.11. The van der Waals surface area contributed by atoms with Gasteiger partial charge in [0.2, 0.25) is 5.91 Å². The van der Waals surface area contributed by atoms with Crippen molar-refractivity contribution in [1.82, 2.24) is 0 Å². The van der Waals surface area contributed by atoms with Crippen molar-refractivity contribution in [3.8, 4) is 0 Å². The van der Waals surface area contributed by atoms with Crippen LogP contribution in [0.25, 0.3) is 0 Å². The van der Waals surface area contributed by atoms with E-state index in [0.717, 1.165) is 15.4 Å². The average molecular weight is 415 g/mol. The summed E-state index contributed by atoms with van der Waals surface area (Å²) < 4.78 is 1.73. The molecule has 0 aromatic heterocycles. The van der Waals surface area contributed by atoms with Crippen molar-refractivity contribution in [3.63, 3.8) is 0 Å². The van der Waals surface area contributed by atoms with Gasteiger partial charge in [0, 0.05) is 14.6 Å². The fraction of sp³-hybridized carbons (Fsp3) is 0.333. The van der Waals surface area contributed by atoms with Gasteiger partial charge in [0.05, 0.1) is 11.8 Å². The van der Waals surface area contributed by atoms with E-state index in [1.165, 1.54) is 0 Å². The van der Waals surface area contributed by atoms with Gasteiger partial charge in [-0.25, -0.2) is 0 Å². The molecule has 2 aliphatic carbocycles. The minimum absolute atomic E-state index is 0.0140. The third kappa shape index (κ3) is 2.66. The van der Waals surface area contributed by atoms with Gasteiger partial charge in [0.1, 0.15) is 0 Å². The minimum atomic E-state index is -0.885. The molecule has 3 rings (SSSR count). The van der Waals surface area contributed by atoms with Crippen molar-refractivity contribution in [1.29, 1.82) is 0 Å². The van der Waals surface area contributed by atoms with Crippen LogP contribution in [0.3, 0.4) is 0 Å². The molecule has 2 N–H and O–H groups in total. The first-order chi connectivity index (χ1) is 9.97. The molecular weight excluding hydrogens is 402 g/mol. The molecule has 6 heteroatoms. The number of allylic oxidation sites excluding steroid dienone is 2. The zero-order valence-electron chi connectivity index (χ0n) is 10.9. The third-order valence-electron chi connectivity index (χ3n) is 4.23. The molecule has 2 aliphatic rings. The Hall–Kier alpha value is -1.14. The quantitative estimate of drug-likeness (QED) is 0.741. The zero-order valence-corrected chi connectivity index (χ0v) is 14.1. The standard InChI is InChI=1S/C15H13Br2NO3/c16-10-4-3-9(6-11(10)17)18-14(19)12-7-1-2-8(5-7)13(12)15(20)21/h1-4,6-8,12-13H,5H2,(H,18,19)(H,20,21). The summed E-state index contributed by atoms with van der Waals surface area (Å²) in [7, 11) is 0. The lowest BCUT2D eigenvalue weighted by Crippen LogP contribution is -2.36. The first kappa shape index (κ1) is 14.8. The Morgan fingerprint density at radius 2 is 1.76 bits per heavy atom. The largest absolute Gasteiger partial charge is 0.481 e.